The number of halogens is 1. The first-order chi connectivity index (χ1) is 12.0. The summed E-state index contributed by atoms with van der Waals surface area (Å²) in [7, 11) is 0. The van der Waals surface area contributed by atoms with Crippen LogP contribution in [0, 0.1) is 11.7 Å². The molecule has 0 bridgehead atoms. The van der Waals surface area contributed by atoms with Gasteiger partial charge in [0.2, 0.25) is 11.8 Å². The lowest BCUT2D eigenvalue weighted by Crippen LogP contribution is -2.44. The van der Waals surface area contributed by atoms with Crippen LogP contribution in [0.15, 0.2) is 41.8 Å². The monoisotopic (exact) mass is 362 g/mol. The molecule has 0 aliphatic carbocycles. The third kappa shape index (κ3) is 4.19. The van der Waals surface area contributed by atoms with Gasteiger partial charge in [-0.3, -0.25) is 14.2 Å². The number of hydrogen-bond donors (Lipinski definition) is 1. The highest BCUT2D eigenvalue weighted by atomic mass is 32.2. The Morgan fingerprint density at radius 2 is 2.24 bits per heavy atom. The lowest BCUT2D eigenvalue weighted by atomic mass is 9.97. The van der Waals surface area contributed by atoms with Gasteiger partial charge in [0, 0.05) is 25.5 Å². The van der Waals surface area contributed by atoms with Crippen LogP contribution >= 0.6 is 11.8 Å². The van der Waals surface area contributed by atoms with E-state index in [1.54, 1.807) is 34.0 Å². The minimum absolute atomic E-state index is 0.0512. The molecule has 1 fully saturated rings. The van der Waals surface area contributed by atoms with Gasteiger partial charge in [-0.1, -0.05) is 17.8 Å². The minimum Gasteiger partial charge on any atom is -0.369 e. The molecule has 6 nitrogen and oxygen atoms in total. The molecule has 3 rings (SSSR count). The molecule has 0 radical (unpaired) electrons. The van der Waals surface area contributed by atoms with E-state index in [0.717, 1.165) is 12.8 Å². The molecule has 0 saturated carbocycles. The number of thioether (sulfide) groups is 1. The maximum atomic E-state index is 13.4. The first kappa shape index (κ1) is 17.5. The Morgan fingerprint density at radius 3 is 3.00 bits per heavy atom. The zero-order valence-electron chi connectivity index (χ0n) is 13.6. The topological polar surface area (TPSA) is 81.2 Å². The van der Waals surface area contributed by atoms with Gasteiger partial charge in [0.1, 0.15) is 5.82 Å². The molecule has 0 spiro atoms. The van der Waals surface area contributed by atoms with Crippen LogP contribution in [-0.4, -0.2) is 45.1 Å². The molecule has 1 saturated heterocycles. The molecule has 8 heteroatoms. The number of nitrogens with zero attached hydrogens (tertiary/aromatic N) is 3. The molecular formula is C17H19FN4O2S. The largest absolute Gasteiger partial charge is 0.369 e. The molecule has 2 amide bonds. The van der Waals surface area contributed by atoms with E-state index in [0.29, 0.717) is 23.9 Å². The quantitative estimate of drug-likeness (QED) is 0.823. The third-order valence-corrected chi connectivity index (χ3v) is 5.15. The number of rotatable bonds is 5. The summed E-state index contributed by atoms with van der Waals surface area (Å²) in [5.41, 5.74) is 6.00. The summed E-state index contributed by atoms with van der Waals surface area (Å²) in [5.74, 6) is -0.796. The van der Waals surface area contributed by atoms with Crippen molar-refractivity contribution >= 4 is 23.6 Å². The van der Waals surface area contributed by atoms with Crippen LogP contribution in [-0.2, 0) is 9.59 Å². The molecule has 1 aliphatic heterocycles. The first-order valence-electron chi connectivity index (χ1n) is 8.04. The summed E-state index contributed by atoms with van der Waals surface area (Å²) in [4.78, 5) is 29.7. The molecular weight excluding hydrogens is 343 g/mol. The van der Waals surface area contributed by atoms with Crippen molar-refractivity contribution in [2.75, 3.05) is 18.8 Å². The number of piperidine rings is 1. The molecule has 2 heterocycles. The smallest absolute Gasteiger partial charge is 0.233 e. The van der Waals surface area contributed by atoms with Gasteiger partial charge >= 0.3 is 0 Å². The van der Waals surface area contributed by atoms with E-state index in [2.05, 4.69) is 4.98 Å². The SMILES string of the molecule is NC(=O)[C@H]1CCCN(C(=O)CSc2nccn2-c2cccc(F)c2)C1. The van der Waals surface area contributed by atoms with Crippen LogP contribution in [0.4, 0.5) is 4.39 Å². The summed E-state index contributed by atoms with van der Waals surface area (Å²) >= 11 is 1.29. The average molecular weight is 362 g/mol. The van der Waals surface area contributed by atoms with E-state index < -0.39 is 0 Å². The fourth-order valence-electron chi connectivity index (χ4n) is 2.87. The summed E-state index contributed by atoms with van der Waals surface area (Å²) in [6.45, 7) is 1.02. The number of nitrogens with two attached hydrogens (primary N) is 1. The van der Waals surface area contributed by atoms with Crippen molar-refractivity contribution in [2.24, 2.45) is 11.7 Å². The maximum Gasteiger partial charge on any atom is 0.233 e. The third-order valence-electron chi connectivity index (χ3n) is 4.19. The van der Waals surface area contributed by atoms with Crippen LogP contribution in [0.2, 0.25) is 0 Å². The molecule has 132 valence electrons. The first-order valence-corrected chi connectivity index (χ1v) is 9.02. The Balaban J connectivity index is 1.63. The number of imidazole rings is 1. The van der Waals surface area contributed by atoms with Crippen molar-refractivity contribution in [1.82, 2.24) is 14.5 Å². The van der Waals surface area contributed by atoms with Gasteiger partial charge in [0.05, 0.1) is 17.4 Å². The molecule has 25 heavy (non-hydrogen) atoms. The number of benzene rings is 1. The number of aromatic nitrogens is 2. The molecule has 2 aromatic rings. The van der Waals surface area contributed by atoms with Crippen molar-refractivity contribution in [2.45, 2.75) is 18.0 Å². The van der Waals surface area contributed by atoms with Crippen molar-refractivity contribution in [1.29, 1.82) is 0 Å². The number of hydrogen-bond acceptors (Lipinski definition) is 4. The van der Waals surface area contributed by atoms with E-state index in [9.17, 15) is 14.0 Å². The lowest BCUT2D eigenvalue weighted by Gasteiger charge is -2.31. The van der Waals surface area contributed by atoms with Crippen LogP contribution in [0.5, 0.6) is 0 Å². The summed E-state index contributed by atoms with van der Waals surface area (Å²) in [6.07, 6.45) is 4.85. The Labute approximate surface area is 149 Å². The van der Waals surface area contributed by atoms with E-state index in [-0.39, 0.29) is 29.3 Å². The number of primary amides is 1. The van der Waals surface area contributed by atoms with E-state index in [4.69, 9.17) is 5.73 Å². The Hall–Kier alpha value is -2.35. The van der Waals surface area contributed by atoms with Gasteiger partial charge in [0.15, 0.2) is 5.16 Å². The second-order valence-corrected chi connectivity index (χ2v) is 6.87. The number of carbonyl (C=O) groups is 2. The predicted octanol–water partition coefficient (Wildman–Crippen LogP) is 1.83. The van der Waals surface area contributed by atoms with Gasteiger partial charge in [-0.25, -0.2) is 9.37 Å². The minimum atomic E-state index is -0.355. The van der Waals surface area contributed by atoms with Gasteiger partial charge in [-0.2, -0.15) is 0 Å². The highest BCUT2D eigenvalue weighted by molar-refractivity contribution is 7.99. The molecule has 1 aromatic heterocycles. The summed E-state index contributed by atoms with van der Waals surface area (Å²) in [6, 6.07) is 6.19. The van der Waals surface area contributed by atoms with Crippen molar-refractivity contribution in [3.05, 3.63) is 42.5 Å². The Kier molecular flexibility index (Phi) is 5.37. The van der Waals surface area contributed by atoms with Crippen molar-refractivity contribution in [3.8, 4) is 5.69 Å². The van der Waals surface area contributed by atoms with Crippen molar-refractivity contribution in [3.63, 3.8) is 0 Å². The van der Waals surface area contributed by atoms with Crippen LogP contribution in [0.1, 0.15) is 12.8 Å². The molecule has 2 N–H and O–H groups in total. The van der Waals surface area contributed by atoms with Crippen LogP contribution in [0.3, 0.4) is 0 Å². The number of likely N-dealkylation sites (tertiary alicyclic amines) is 1. The van der Waals surface area contributed by atoms with Gasteiger partial charge < -0.3 is 10.6 Å². The van der Waals surface area contributed by atoms with E-state index in [1.165, 1.54) is 23.9 Å². The summed E-state index contributed by atoms with van der Waals surface area (Å²) < 4.78 is 15.2. The highest BCUT2D eigenvalue weighted by Crippen LogP contribution is 2.23. The Morgan fingerprint density at radius 1 is 1.40 bits per heavy atom. The second-order valence-electron chi connectivity index (χ2n) is 5.93. The number of amides is 2. The molecule has 1 aromatic carbocycles. The normalized spacial score (nSPS) is 17.5. The second kappa shape index (κ2) is 7.69. The van der Waals surface area contributed by atoms with Crippen molar-refractivity contribution < 1.29 is 14.0 Å². The summed E-state index contributed by atoms with van der Waals surface area (Å²) in [5, 5.41) is 0.613. The molecule has 1 atom stereocenters. The Bertz CT molecular complexity index is 780. The zero-order chi connectivity index (χ0) is 17.8. The van der Waals surface area contributed by atoms with E-state index in [1.807, 2.05) is 0 Å². The van der Waals surface area contributed by atoms with Gasteiger partial charge in [-0.05, 0) is 31.0 Å². The predicted molar refractivity (Wildman–Crippen MR) is 92.7 cm³/mol. The van der Waals surface area contributed by atoms with E-state index >= 15 is 0 Å². The number of carbonyl (C=O) groups excluding carboxylic acids is 2. The zero-order valence-corrected chi connectivity index (χ0v) is 14.4. The van der Waals surface area contributed by atoms with Crippen LogP contribution in [0.25, 0.3) is 5.69 Å². The molecule has 0 unspecified atom stereocenters. The standard InChI is InChI=1S/C17H19FN4O2S/c18-13-4-1-5-14(9-13)22-8-6-20-17(22)25-11-15(23)21-7-2-3-12(10-21)16(19)24/h1,4-6,8-9,12H,2-3,7,10-11H2,(H2,19,24)/t12-/m0/s1. The van der Waals surface area contributed by atoms with Gasteiger partial charge in [-0.15, -0.1) is 0 Å². The molecule has 1 aliphatic rings. The maximum absolute atomic E-state index is 13.4. The average Bonchev–Trinajstić information content (AvgIpc) is 3.08. The highest BCUT2D eigenvalue weighted by Gasteiger charge is 2.27. The van der Waals surface area contributed by atoms with Crippen LogP contribution < -0.4 is 5.73 Å². The fraction of sp³-hybridized carbons (Fsp3) is 0.353. The fourth-order valence-corrected chi connectivity index (χ4v) is 3.75. The lowest BCUT2D eigenvalue weighted by molar-refractivity contribution is -0.132. The van der Waals surface area contributed by atoms with Gasteiger partial charge in [0.25, 0.3) is 0 Å².